The van der Waals surface area contributed by atoms with Crippen molar-refractivity contribution in [2.75, 3.05) is 0 Å². The smallest absolute Gasteiger partial charge is 0.191 e. The van der Waals surface area contributed by atoms with Crippen molar-refractivity contribution < 1.29 is 0 Å². The topological polar surface area (TPSA) is 54.5 Å². The van der Waals surface area contributed by atoms with E-state index < -0.39 is 0 Å². The van der Waals surface area contributed by atoms with Crippen LogP contribution in [-0.2, 0) is 12.3 Å². The monoisotopic (exact) mass is 374 g/mol. The van der Waals surface area contributed by atoms with Crippen LogP contribution in [0.5, 0.6) is 0 Å². The summed E-state index contributed by atoms with van der Waals surface area (Å²) in [6, 6.07) is 9.74. The summed E-state index contributed by atoms with van der Waals surface area (Å²) >= 11 is 9.61. The second-order valence-corrected chi connectivity index (χ2v) is 7.41. The van der Waals surface area contributed by atoms with E-state index in [4.69, 9.17) is 16.9 Å². The van der Waals surface area contributed by atoms with Crippen LogP contribution >= 0.6 is 34.7 Å². The maximum atomic E-state index is 8.85. The van der Waals surface area contributed by atoms with Crippen molar-refractivity contribution in [1.82, 2.24) is 14.8 Å². The molecule has 1 aromatic carbocycles. The molecule has 2 aromatic heterocycles. The van der Waals surface area contributed by atoms with Crippen molar-refractivity contribution in [2.24, 2.45) is 0 Å². The van der Waals surface area contributed by atoms with Crippen molar-refractivity contribution in [3.05, 3.63) is 51.4 Å². The van der Waals surface area contributed by atoms with E-state index in [0.29, 0.717) is 5.56 Å². The van der Waals surface area contributed by atoms with Gasteiger partial charge in [-0.05, 0) is 42.5 Å². The standard InChI is InChI=1S/C17H15ClN4S2/c1-3-22-16(15-14(18)11(2)9-23-15)20-21-17(22)24-10-13-6-4-12(8-19)5-7-13/h4-7,9H,3,10H2,1-2H3. The lowest BCUT2D eigenvalue weighted by Gasteiger charge is -2.07. The highest BCUT2D eigenvalue weighted by molar-refractivity contribution is 7.98. The molecule has 0 N–H and O–H groups in total. The first-order chi connectivity index (χ1) is 11.6. The van der Waals surface area contributed by atoms with E-state index in [1.807, 2.05) is 36.6 Å². The van der Waals surface area contributed by atoms with Crippen molar-refractivity contribution in [3.8, 4) is 16.8 Å². The Kier molecular flexibility index (Phi) is 5.24. The molecule has 3 aromatic rings. The van der Waals surface area contributed by atoms with Crippen LogP contribution in [0.25, 0.3) is 10.7 Å². The van der Waals surface area contributed by atoms with Gasteiger partial charge in [-0.15, -0.1) is 21.5 Å². The van der Waals surface area contributed by atoms with Crippen LogP contribution in [-0.4, -0.2) is 14.8 Å². The summed E-state index contributed by atoms with van der Waals surface area (Å²) in [6.07, 6.45) is 0. The van der Waals surface area contributed by atoms with Crippen molar-refractivity contribution in [1.29, 1.82) is 5.26 Å². The third kappa shape index (κ3) is 3.34. The van der Waals surface area contributed by atoms with E-state index in [2.05, 4.69) is 27.8 Å². The fraction of sp³-hybridized carbons (Fsp3) is 0.235. The Morgan fingerprint density at radius 1 is 1.29 bits per heavy atom. The average molecular weight is 375 g/mol. The van der Waals surface area contributed by atoms with E-state index in [-0.39, 0.29) is 0 Å². The Balaban J connectivity index is 1.81. The second-order valence-electron chi connectivity index (χ2n) is 5.21. The lowest BCUT2D eigenvalue weighted by Crippen LogP contribution is -1.99. The maximum absolute atomic E-state index is 8.85. The molecule has 0 fully saturated rings. The first-order valence-electron chi connectivity index (χ1n) is 7.43. The Morgan fingerprint density at radius 3 is 2.62 bits per heavy atom. The van der Waals surface area contributed by atoms with Gasteiger partial charge in [-0.3, -0.25) is 0 Å². The Morgan fingerprint density at radius 2 is 2.04 bits per heavy atom. The lowest BCUT2D eigenvalue weighted by molar-refractivity contribution is 0.688. The summed E-state index contributed by atoms with van der Waals surface area (Å²) in [5.74, 6) is 1.60. The van der Waals surface area contributed by atoms with Gasteiger partial charge < -0.3 is 4.57 Å². The minimum absolute atomic E-state index is 0.672. The fourth-order valence-electron chi connectivity index (χ4n) is 2.25. The van der Waals surface area contributed by atoms with E-state index in [1.54, 1.807) is 23.1 Å². The predicted octanol–water partition coefficient (Wildman–Crippen LogP) is 5.15. The first kappa shape index (κ1) is 17.0. The van der Waals surface area contributed by atoms with Crippen LogP contribution in [0.15, 0.2) is 34.8 Å². The second kappa shape index (κ2) is 7.39. The molecule has 0 aliphatic carbocycles. The zero-order valence-electron chi connectivity index (χ0n) is 13.3. The summed E-state index contributed by atoms with van der Waals surface area (Å²) < 4.78 is 2.09. The van der Waals surface area contributed by atoms with Gasteiger partial charge in [0.15, 0.2) is 11.0 Å². The summed E-state index contributed by atoms with van der Waals surface area (Å²) in [5.41, 5.74) is 2.88. The van der Waals surface area contributed by atoms with Crippen molar-refractivity contribution in [3.63, 3.8) is 0 Å². The number of nitrogens with zero attached hydrogens (tertiary/aromatic N) is 4. The number of aromatic nitrogens is 3. The number of aryl methyl sites for hydroxylation is 1. The summed E-state index contributed by atoms with van der Waals surface area (Å²) in [4.78, 5) is 0.966. The number of rotatable bonds is 5. The van der Waals surface area contributed by atoms with Crippen LogP contribution in [0.1, 0.15) is 23.6 Å². The first-order valence-corrected chi connectivity index (χ1v) is 9.67. The van der Waals surface area contributed by atoms with Gasteiger partial charge in [0, 0.05) is 12.3 Å². The summed E-state index contributed by atoms with van der Waals surface area (Å²) in [5, 5.41) is 21.2. The van der Waals surface area contributed by atoms with Gasteiger partial charge in [-0.2, -0.15) is 5.26 Å². The molecule has 4 nitrogen and oxygen atoms in total. The van der Waals surface area contributed by atoms with Crippen LogP contribution in [0.3, 0.4) is 0 Å². The third-order valence-corrected chi connectivity index (χ3v) is 6.32. The Labute approximate surface area is 154 Å². The quantitative estimate of drug-likeness (QED) is 0.579. The predicted molar refractivity (Wildman–Crippen MR) is 99.5 cm³/mol. The molecule has 0 aliphatic rings. The summed E-state index contributed by atoms with van der Waals surface area (Å²) in [6.45, 7) is 4.86. The molecule has 0 bridgehead atoms. The number of hydrogen-bond acceptors (Lipinski definition) is 5. The molecule has 24 heavy (non-hydrogen) atoms. The van der Waals surface area contributed by atoms with Crippen LogP contribution < -0.4 is 0 Å². The zero-order chi connectivity index (χ0) is 17.1. The SMILES string of the molecule is CCn1c(SCc2ccc(C#N)cc2)nnc1-c1scc(C)c1Cl. The largest absolute Gasteiger partial charge is 0.302 e. The molecule has 2 heterocycles. The molecule has 0 unspecified atom stereocenters. The molecule has 122 valence electrons. The highest BCUT2D eigenvalue weighted by atomic mass is 35.5. The average Bonchev–Trinajstić information content (AvgIpc) is 3.16. The summed E-state index contributed by atoms with van der Waals surface area (Å²) in [7, 11) is 0. The van der Waals surface area contributed by atoms with E-state index >= 15 is 0 Å². The molecule has 0 saturated carbocycles. The minimum Gasteiger partial charge on any atom is -0.302 e. The molecule has 0 spiro atoms. The highest BCUT2D eigenvalue weighted by Gasteiger charge is 2.18. The van der Waals surface area contributed by atoms with Crippen LogP contribution in [0.2, 0.25) is 5.02 Å². The molecule has 0 amide bonds. The van der Waals surface area contributed by atoms with Gasteiger partial charge >= 0.3 is 0 Å². The number of hydrogen-bond donors (Lipinski definition) is 0. The fourth-order valence-corrected chi connectivity index (χ4v) is 4.48. The number of benzene rings is 1. The number of nitriles is 1. The van der Waals surface area contributed by atoms with Crippen molar-refractivity contribution >= 4 is 34.7 Å². The zero-order valence-corrected chi connectivity index (χ0v) is 15.7. The minimum atomic E-state index is 0.672. The molecule has 7 heteroatoms. The Hall–Kier alpha value is -1.81. The third-order valence-electron chi connectivity index (χ3n) is 3.59. The van der Waals surface area contributed by atoms with Gasteiger partial charge in [0.2, 0.25) is 0 Å². The molecule has 0 aliphatic heterocycles. The molecular formula is C17H15ClN4S2. The van der Waals surface area contributed by atoms with Gasteiger partial charge in [-0.25, -0.2) is 0 Å². The maximum Gasteiger partial charge on any atom is 0.191 e. The molecule has 3 rings (SSSR count). The van der Waals surface area contributed by atoms with E-state index in [1.165, 1.54) is 0 Å². The Bertz CT molecular complexity index is 890. The normalized spacial score (nSPS) is 10.8. The van der Waals surface area contributed by atoms with Gasteiger partial charge in [0.05, 0.1) is 21.5 Å². The molecule has 0 saturated heterocycles. The van der Waals surface area contributed by atoms with E-state index in [0.717, 1.165) is 44.3 Å². The van der Waals surface area contributed by atoms with Gasteiger partial charge in [0.25, 0.3) is 0 Å². The van der Waals surface area contributed by atoms with Gasteiger partial charge in [-0.1, -0.05) is 35.5 Å². The van der Waals surface area contributed by atoms with E-state index in [9.17, 15) is 0 Å². The number of halogens is 1. The molecular weight excluding hydrogens is 360 g/mol. The number of thiophene rings is 1. The highest BCUT2D eigenvalue weighted by Crippen LogP contribution is 2.37. The van der Waals surface area contributed by atoms with Gasteiger partial charge in [0.1, 0.15) is 0 Å². The van der Waals surface area contributed by atoms with Crippen LogP contribution in [0.4, 0.5) is 0 Å². The lowest BCUT2D eigenvalue weighted by atomic mass is 10.2. The van der Waals surface area contributed by atoms with Crippen molar-refractivity contribution in [2.45, 2.75) is 31.3 Å². The van der Waals surface area contributed by atoms with Crippen LogP contribution in [0, 0.1) is 18.3 Å². The number of thioether (sulfide) groups is 1. The molecule has 0 atom stereocenters. The molecule has 0 radical (unpaired) electrons.